The standard InChI is InChI=1S/C22H37FN2O3/c23-11-14-27-15-17-5-7-18(8-6-17)24-12-9-19(10-13-24)25-20-3-1-2-4-21(20)28-16-22(25)26/h17-21H,1-16H2/t17?,18?,20-,21-/m0/s1. The molecule has 4 rings (SSSR count). The minimum Gasteiger partial charge on any atom is -0.378 e. The molecule has 2 atom stereocenters. The zero-order chi connectivity index (χ0) is 19.3. The van der Waals surface area contributed by atoms with E-state index in [1.54, 1.807) is 0 Å². The topological polar surface area (TPSA) is 42.0 Å². The van der Waals surface area contributed by atoms with E-state index in [0.717, 1.165) is 45.4 Å². The molecule has 2 aliphatic carbocycles. The van der Waals surface area contributed by atoms with Crippen LogP contribution in [0.15, 0.2) is 0 Å². The highest BCUT2D eigenvalue weighted by Crippen LogP contribution is 2.34. The number of hydrogen-bond acceptors (Lipinski definition) is 4. The maximum atomic E-state index is 12.6. The van der Waals surface area contributed by atoms with Gasteiger partial charge in [0.1, 0.15) is 13.3 Å². The summed E-state index contributed by atoms with van der Waals surface area (Å²) in [5, 5.41) is 0. The Morgan fingerprint density at radius 1 is 0.964 bits per heavy atom. The first-order chi connectivity index (χ1) is 13.8. The van der Waals surface area contributed by atoms with Crippen LogP contribution in [0.3, 0.4) is 0 Å². The number of rotatable bonds is 6. The summed E-state index contributed by atoms with van der Waals surface area (Å²) < 4.78 is 23.4. The van der Waals surface area contributed by atoms with Crippen LogP contribution in [-0.2, 0) is 14.3 Å². The number of carbonyl (C=O) groups is 1. The highest BCUT2D eigenvalue weighted by molar-refractivity contribution is 5.79. The second-order valence-corrected chi connectivity index (χ2v) is 9.21. The van der Waals surface area contributed by atoms with Crippen LogP contribution in [0.25, 0.3) is 0 Å². The summed E-state index contributed by atoms with van der Waals surface area (Å²) in [5.41, 5.74) is 0. The number of hydrogen-bond donors (Lipinski definition) is 0. The Morgan fingerprint density at radius 3 is 2.46 bits per heavy atom. The van der Waals surface area contributed by atoms with E-state index in [-0.39, 0.29) is 31.9 Å². The molecular formula is C22H37FN2O3. The van der Waals surface area contributed by atoms with Gasteiger partial charge in [0.15, 0.2) is 0 Å². The molecule has 2 heterocycles. The number of morpholine rings is 1. The average Bonchev–Trinajstić information content (AvgIpc) is 2.75. The lowest BCUT2D eigenvalue weighted by Gasteiger charge is -2.50. The monoisotopic (exact) mass is 396 g/mol. The van der Waals surface area contributed by atoms with E-state index in [1.807, 2.05) is 0 Å². The molecule has 0 aromatic rings. The van der Waals surface area contributed by atoms with Crippen LogP contribution < -0.4 is 0 Å². The van der Waals surface area contributed by atoms with Gasteiger partial charge >= 0.3 is 0 Å². The first-order valence-corrected chi connectivity index (χ1v) is 11.6. The first kappa shape index (κ1) is 20.5. The third-order valence-corrected chi connectivity index (χ3v) is 7.53. The molecule has 0 spiro atoms. The van der Waals surface area contributed by atoms with Crippen LogP contribution in [0.1, 0.15) is 64.2 Å². The fraction of sp³-hybridized carbons (Fsp3) is 0.955. The van der Waals surface area contributed by atoms with Gasteiger partial charge in [0.2, 0.25) is 5.91 Å². The van der Waals surface area contributed by atoms with E-state index in [2.05, 4.69) is 9.80 Å². The highest BCUT2D eigenvalue weighted by atomic mass is 19.1. The molecule has 2 saturated heterocycles. The largest absolute Gasteiger partial charge is 0.378 e. The van der Waals surface area contributed by atoms with E-state index < -0.39 is 0 Å². The van der Waals surface area contributed by atoms with Crippen molar-refractivity contribution in [2.24, 2.45) is 5.92 Å². The van der Waals surface area contributed by atoms with Crippen molar-refractivity contribution in [2.45, 2.75) is 88.4 Å². The summed E-state index contributed by atoms with van der Waals surface area (Å²) in [5.74, 6) is 0.824. The minimum atomic E-state index is -0.377. The Hall–Kier alpha value is -0.720. The summed E-state index contributed by atoms with van der Waals surface area (Å²) in [7, 11) is 0. The van der Waals surface area contributed by atoms with Crippen LogP contribution in [0.4, 0.5) is 4.39 Å². The van der Waals surface area contributed by atoms with Crippen molar-refractivity contribution < 1.29 is 18.7 Å². The number of amides is 1. The van der Waals surface area contributed by atoms with E-state index in [0.29, 0.717) is 24.0 Å². The molecule has 2 saturated carbocycles. The van der Waals surface area contributed by atoms with Gasteiger partial charge in [-0.1, -0.05) is 12.8 Å². The number of likely N-dealkylation sites (tertiary alicyclic amines) is 1. The molecule has 0 N–H and O–H groups in total. The Labute approximate surface area is 168 Å². The second-order valence-electron chi connectivity index (χ2n) is 9.21. The van der Waals surface area contributed by atoms with Crippen molar-refractivity contribution in [3.8, 4) is 0 Å². The van der Waals surface area contributed by atoms with Crippen molar-refractivity contribution in [1.82, 2.24) is 9.80 Å². The molecule has 28 heavy (non-hydrogen) atoms. The van der Waals surface area contributed by atoms with Crippen LogP contribution in [0.5, 0.6) is 0 Å². The summed E-state index contributed by atoms with van der Waals surface area (Å²) in [6.45, 7) is 3.10. The van der Waals surface area contributed by atoms with Crippen LogP contribution in [0.2, 0.25) is 0 Å². The molecule has 0 unspecified atom stereocenters. The Balaban J connectivity index is 1.24. The van der Waals surface area contributed by atoms with Gasteiger partial charge in [0, 0.05) is 31.8 Å². The number of piperidine rings is 1. The number of halogens is 1. The lowest BCUT2D eigenvalue weighted by molar-refractivity contribution is -0.167. The van der Waals surface area contributed by atoms with Gasteiger partial charge in [0.25, 0.3) is 0 Å². The zero-order valence-electron chi connectivity index (χ0n) is 17.2. The number of fused-ring (bicyclic) bond motifs is 1. The molecule has 0 aromatic heterocycles. The molecule has 6 heteroatoms. The third kappa shape index (κ3) is 4.71. The van der Waals surface area contributed by atoms with Gasteiger partial charge in [-0.2, -0.15) is 0 Å². The van der Waals surface area contributed by atoms with E-state index in [1.165, 1.54) is 38.5 Å². The average molecular weight is 397 g/mol. The van der Waals surface area contributed by atoms with E-state index in [9.17, 15) is 9.18 Å². The van der Waals surface area contributed by atoms with Crippen molar-refractivity contribution in [1.29, 1.82) is 0 Å². The molecule has 1 amide bonds. The van der Waals surface area contributed by atoms with Crippen LogP contribution in [0, 0.1) is 5.92 Å². The highest BCUT2D eigenvalue weighted by Gasteiger charge is 2.42. The fourth-order valence-electron chi connectivity index (χ4n) is 6.01. The maximum absolute atomic E-state index is 12.6. The van der Waals surface area contributed by atoms with Crippen molar-refractivity contribution >= 4 is 5.91 Å². The SMILES string of the molecule is O=C1CO[C@H]2CCCC[C@@H]2N1C1CCN(C2CCC(COCCF)CC2)CC1. The molecule has 4 aliphatic rings. The molecule has 5 nitrogen and oxygen atoms in total. The van der Waals surface area contributed by atoms with Crippen LogP contribution in [-0.4, -0.2) is 79.5 Å². The van der Waals surface area contributed by atoms with Gasteiger partial charge in [-0.25, -0.2) is 4.39 Å². The smallest absolute Gasteiger partial charge is 0.249 e. The van der Waals surface area contributed by atoms with Gasteiger partial charge in [-0.15, -0.1) is 0 Å². The predicted octanol–water partition coefficient (Wildman–Crippen LogP) is 3.17. The molecule has 2 aliphatic heterocycles. The zero-order valence-corrected chi connectivity index (χ0v) is 17.2. The quantitative estimate of drug-likeness (QED) is 0.647. The predicted molar refractivity (Wildman–Crippen MR) is 106 cm³/mol. The summed E-state index contributed by atoms with van der Waals surface area (Å²) in [4.78, 5) is 17.5. The van der Waals surface area contributed by atoms with Crippen molar-refractivity contribution in [3.63, 3.8) is 0 Å². The Bertz CT molecular complexity index is 504. The second kappa shape index (κ2) is 9.86. The third-order valence-electron chi connectivity index (χ3n) is 7.53. The minimum absolute atomic E-state index is 0.218. The fourth-order valence-corrected chi connectivity index (χ4v) is 6.01. The van der Waals surface area contributed by atoms with Crippen molar-refractivity contribution in [3.05, 3.63) is 0 Å². The normalized spacial score (nSPS) is 35.8. The number of alkyl halides is 1. The lowest BCUT2D eigenvalue weighted by Crippen LogP contribution is -2.61. The molecule has 0 radical (unpaired) electrons. The summed E-state index contributed by atoms with van der Waals surface area (Å²) in [6.07, 6.45) is 12.0. The summed E-state index contributed by atoms with van der Waals surface area (Å²) in [6, 6.07) is 1.41. The van der Waals surface area contributed by atoms with E-state index >= 15 is 0 Å². The van der Waals surface area contributed by atoms with Gasteiger partial charge in [-0.3, -0.25) is 4.79 Å². The Kier molecular flexibility index (Phi) is 7.23. The van der Waals surface area contributed by atoms with Gasteiger partial charge < -0.3 is 19.3 Å². The van der Waals surface area contributed by atoms with Gasteiger partial charge in [0.05, 0.1) is 18.8 Å². The lowest BCUT2D eigenvalue weighted by atomic mass is 9.84. The molecule has 4 fully saturated rings. The van der Waals surface area contributed by atoms with E-state index in [4.69, 9.17) is 9.47 Å². The number of nitrogens with zero attached hydrogens (tertiary/aromatic N) is 2. The Morgan fingerprint density at radius 2 is 1.71 bits per heavy atom. The molecule has 160 valence electrons. The molecular weight excluding hydrogens is 359 g/mol. The molecule has 0 aromatic carbocycles. The van der Waals surface area contributed by atoms with Crippen LogP contribution >= 0.6 is 0 Å². The first-order valence-electron chi connectivity index (χ1n) is 11.6. The maximum Gasteiger partial charge on any atom is 0.249 e. The van der Waals surface area contributed by atoms with Gasteiger partial charge in [-0.05, 0) is 57.3 Å². The summed E-state index contributed by atoms with van der Waals surface area (Å²) >= 11 is 0. The van der Waals surface area contributed by atoms with Crippen molar-refractivity contribution in [2.75, 3.05) is 39.6 Å². The molecule has 0 bridgehead atoms. The number of carbonyl (C=O) groups excluding carboxylic acids is 1. The number of ether oxygens (including phenoxy) is 2.